The Kier molecular flexibility index (Phi) is 5.36. The lowest BCUT2D eigenvalue weighted by atomic mass is 10.1. The van der Waals surface area contributed by atoms with Gasteiger partial charge in [-0.1, -0.05) is 12.2 Å². The van der Waals surface area contributed by atoms with Crippen LogP contribution in [0.2, 0.25) is 0 Å². The molecule has 0 heterocycles. The van der Waals surface area contributed by atoms with E-state index in [9.17, 15) is 4.79 Å². The highest BCUT2D eigenvalue weighted by molar-refractivity contribution is 5.94. The summed E-state index contributed by atoms with van der Waals surface area (Å²) < 4.78 is 5.61. The second-order valence-electron chi connectivity index (χ2n) is 5.56. The van der Waals surface area contributed by atoms with Gasteiger partial charge >= 0.3 is 0 Å². The molecule has 0 radical (unpaired) electrons. The molecule has 114 valence electrons. The van der Waals surface area contributed by atoms with Crippen molar-refractivity contribution in [2.75, 3.05) is 32.6 Å². The van der Waals surface area contributed by atoms with E-state index in [2.05, 4.69) is 10.2 Å². The monoisotopic (exact) mass is 289 g/mol. The fourth-order valence-corrected chi connectivity index (χ4v) is 2.14. The summed E-state index contributed by atoms with van der Waals surface area (Å²) in [5.74, 6) is 0.661. The molecule has 1 aliphatic rings. The van der Waals surface area contributed by atoms with E-state index < -0.39 is 0 Å². The third kappa shape index (κ3) is 4.88. The molecule has 1 aromatic rings. The first-order valence-electron chi connectivity index (χ1n) is 7.17. The van der Waals surface area contributed by atoms with Crippen molar-refractivity contribution in [1.29, 1.82) is 0 Å². The summed E-state index contributed by atoms with van der Waals surface area (Å²) in [6.45, 7) is 1.51. The van der Waals surface area contributed by atoms with E-state index in [0.717, 1.165) is 18.0 Å². The van der Waals surface area contributed by atoms with Crippen molar-refractivity contribution in [3.05, 3.63) is 36.4 Å². The number of carbonyl (C=O) groups excluding carboxylic acids is 1. The summed E-state index contributed by atoms with van der Waals surface area (Å²) in [5, 5.41) is 2.90. The van der Waals surface area contributed by atoms with E-state index in [1.54, 1.807) is 0 Å². The molecular formula is C16H23N3O2. The zero-order valence-corrected chi connectivity index (χ0v) is 12.6. The maximum Gasteiger partial charge on any atom is 0.231 e. The highest BCUT2D eigenvalue weighted by Crippen LogP contribution is 2.20. The van der Waals surface area contributed by atoms with Crippen molar-refractivity contribution in [3.63, 3.8) is 0 Å². The summed E-state index contributed by atoms with van der Waals surface area (Å²) in [6, 6.07) is 7.42. The minimum atomic E-state index is -0.129. The molecule has 2 rings (SSSR count). The molecule has 21 heavy (non-hydrogen) atoms. The van der Waals surface area contributed by atoms with Crippen LogP contribution in [0.5, 0.6) is 5.75 Å². The molecule has 2 atom stereocenters. The third-order valence-corrected chi connectivity index (χ3v) is 3.38. The predicted octanol–water partition coefficient (Wildman–Crippen LogP) is 1.47. The number of carbonyl (C=O) groups is 1. The van der Waals surface area contributed by atoms with Gasteiger partial charge in [0.25, 0.3) is 0 Å². The van der Waals surface area contributed by atoms with E-state index in [1.165, 1.54) is 0 Å². The van der Waals surface area contributed by atoms with Gasteiger partial charge in [0, 0.05) is 18.3 Å². The number of ether oxygens (including phenoxy) is 1. The van der Waals surface area contributed by atoms with E-state index in [-0.39, 0.29) is 17.9 Å². The molecule has 0 spiro atoms. The van der Waals surface area contributed by atoms with Crippen LogP contribution < -0.4 is 15.8 Å². The minimum Gasteiger partial charge on any atom is -0.492 e. The summed E-state index contributed by atoms with van der Waals surface area (Å²) in [4.78, 5) is 14.1. The van der Waals surface area contributed by atoms with E-state index in [1.807, 2.05) is 50.5 Å². The molecule has 1 amide bonds. The van der Waals surface area contributed by atoms with E-state index in [0.29, 0.717) is 13.0 Å². The highest BCUT2D eigenvalue weighted by Gasteiger charge is 2.22. The largest absolute Gasteiger partial charge is 0.492 e. The van der Waals surface area contributed by atoms with Crippen molar-refractivity contribution in [2.45, 2.75) is 12.5 Å². The van der Waals surface area contributed by atoms with Gasteiger partial charge in [0.1, 0.15) is 12.4 Å². The number of nitrogens with zero attached hydrogens (tertiary/aromatic N) is 1. The molecule has 1 aromatic carbocycles. The molecule has 2 unspecified atom stereocenters. The van der Waals surface area contributed by atoms with E-state index in [4.69, 9.17) is 10.5 Å². The van der Waals surface area contributed by atoms with Gasteiger partial charge in [-0.15, -0.1) is 0 Å². The maximum absolute atomic E-state index is 12.0. The lowest BCUT2D eigenvalue weighted by Gasteiger charge is -2.12. The number of anilines is 1. The Labute approximate surface area is 125 Å². The number of hydrogen-bond acceptors (Lipinski definition) is 4. The molecule has 5 heteroatoms. The van der Waals surface area contributed by atoms with Crippen LogP contribution in [0, 0.1) is 5.92 Å². The zero-order chi connectivity index (χ0) is 15.2. The van der Waals surface area contributed by atoms with Crippen LogP contribution in [0.15, 0.2) is 36.4 Å². The Balaban J connectivity index is 1.82. The van der Waals surface area contributed by atoms with Gasteiger partial charge in [-0.2, -0.15) is 0 Å². The van der Waals surface area contributed by atoms with Gasteiger partial charge in [-0.3, -0.25) is 4.79 Å². The van der Waals surface area contributed by atoms with Gasteiger partial charge in [0.15, 0.2) is 0 Å². The SMILES string of the molecule is CN(C)CCOc1ccc(NC(=O)C2C=CC(N)C2)cc1. The Hall–Kier alpha value is -1.85. The fraction of sp³-hybridized carbons (Fsp3) is 0.438. The van der Waals surface area contributed by atoms with Crippen molar-refractivity contribution in [2.24, 2.45) is 11.7 Å². The van der Waals surface area contributed by atoms with Gasteiger partial charge in [-0.25, -0.2) is 0 Å². The van der Waals surface area contributed by atoms with Gasteiger partial charge in [0.05, 0.1) is 5.92 Å². The number of nitrogens with one attached hydrogen (secondary N) is 1. The molecule has 0 aromatic heterocycles. The van der Waals surface area contributed by atoms with Crippen LogP contribution >= 0.6 is 0 Å². The average Bonchev–Trinajstić information content (AvgIpc) is 2.87. The molecule has 0 bridgehead atoms. The Morgan fingerprint density at radius 3 is 2.62 bits per heavy atom. The molecular weight excluding hydrogens is 266 g/mol. The minimum absolute atomic E-state index is 0.00628. The van der Waals surface area contributed by atoms with Crippen molar-refractivity contribution < 1.29 is 9.53 Å². The van der Waals surface area contributed by atoms with Crippen LogP contribution in [0.1, 0.15) is 6.42 Å². The number of hydrogen-bond donors (Lipinski definition) is 2. The Morgan fingerprint density at radius 1 is 1.33 bits per heavy atom. The number of likely N-dealkylation sites (N-methyl/N-ethyl adjacent to an activating group) is 1. The number of nitrogens with two attached hydrogens (primary N) is 1. The van der Waals surface area contributed by atoms with Gasteiger partial charge < -0.3 is 20.7 Å². The quantitative estimate of drug-likeness (QED) is 0.778. The van der Waals surface area contributed by atoms with Gasteiger partial charge in [-0.05, 0) is 44.8 Å². The van der Waals surface area contributed by atoms with Crippen LogP contribution in [0.3, 0.4) is 0 Å². The van der Waals surface area contributed by atoms with Crippen LogP contribution in [-0.4, -0.2) is 44.1 Å². The molecule has 0 saturated heterocycles. The van der Waals surface area contributed by atoms with Crippen molar-refractivity contribution in [3.8, 4) is 5.75 Å². The topological polar surface area (TPSA) is 67.6 Å². The van der Waals surface area contributed by atoms with Crippen LogP contribution in [0.25, 0.3) is 0 Å². The molecule has 3 N–H and O–H groups in total. The number of rotatable bonds is 6. The standard InChI is InChI=1S/C16H23N3O2/c1-19(2)9-10-21-15-7-5-14(6-8-15)18-16(20)12-3-4-13(17)11-12/h3-8,12-13H,9-11,17H2,1-2H3,(H,18,20). The normalized spacial score (nSPS) is 20.8. The third-order valence-electron chi connectivity index (χ3n) is 3.38. The van der Waals surface area contributed by atoms with Crippen molar-refractivity contribution >= 4 is 11.6 Å². The fourth-order valence-electron chi connectivity index (χ4n) is 2.14. The molecule has 1 aliphatic carbocycles. The van der Waals surface area contributed by atoms with Crippen LogP contribution in [0.4, 0.5) is 5.69 Å². The predicted molar refractivity (Wildman–Crippen MR) is 84.3 cm³/mol. The average molecular weight is 289 g/mol. The highest BCUT2D eigenvalue weighted by atomic mass is 16.5. The molecule has 5 nitrogen and oxygen atoms in total. The van der Waals surface area contributed by atoms with Gasteiger partial charge in [0.2, 0.25) is 5.91 Å². The van der Waals surface area contributed by atoms with Crippen molar-refractivity contribution in [1.82, 2.24) is 4.90 Å². The summed E-state index contributed by atoms with van der Waals surface area (Å²) in [6.07, 6.45) is 4.43. The maximum atomic E-state index is 12.0. The smallest absolute Gasteiger partial charge is 0.231 e. The second-order valence-corrected chi connectivity index (χ2v) is 5.56. The van der Waals surface area contributed by atoms with E-state index >= 15 is 0 Å². The number of amides is 1. The summed E-state index contributed by atoms with van der Waals surface area (Å²) in [7, 11) is 4.01. The summed E-state index contributed by atoms with van der Waals surface area (Å²) in [5.41, 5.74) is 6.53. The Bertz CT molecular complexity index is 497. The lowest BCUT2D eigenvalue weighted by Crippen LogP contribution is -2.23. The van der Waals surface area contributed by atoms with Crippen LogP contribution in [-0.2, 0) is 4.79 Å². The second kappa shape index (κ2) is 7.24. The Morgan fingerprint density at radius 2 is 2.05 bits per heavy atom. The first-order chi connectivity index (χ1) is 10.0. The zero-order valence-electron chi connectivity index (χ0n) is 12.6. The summed E-state index contributed by atoms with van der Waals surface area (Å²) >= 11 is 0. The molecule has 0 fully saturated rings. The molecule has 0 saturated carbocycles. The number of benzene rings is 1. The first-order valence-corrected chi connectivity index (χ1v) is 7.17. The lowest BCUT2D eigenvalue weighted by molar-refractivity contribution is -0.118. The molecule has 0 aliphatic heterocycles. The first kappa shape index (κ1) is 15.5.